The summed E-state index contributed by atoms with van der Waals surface area (Å²) in [6.45, 7) is 2.96. The first-order chi connectivity index (χ1) is 16.7. The standard InChI is InChI=1S/C25H18ClF4N3O2/c1-2-22-15-7-6-13(24(34)31-11-16-20(29)9-14(27)10-21(16)30)8-23(15)33(25(35)32-22)12-17-18(26)4-3-5-19(17)28/h2-10,22H,1,11-12H2,(H,31,34)(H,32,35). The maximum absolute atomic E-state index is 14.4. The molecule has 3 aromatic carbocycles. The molecule has 1 heterocycles. The number of hydrogen-bond donors (Lipinski definition) is 2. The Hall–Kier alpha value is -3.85. The SMILES string of the molecule is C=CC1NC(=O)N(Cc2c(F)cccc2Cl)c2cc(C(=O)NCc3c(F)cc(F)cc3F)ccc21. The summed E-state index contributed by atoms with van der Waals surface area (Å²) in [5.74, 6) is -4.64. The van der Waals surface area contributed by atoms with Gasteiger partial charge in [-0.05, 0) is 24.3 Å². The predicted molar refractivity (Wildman–Crippen MR) is 123 cm³/mol. The van der Waals surface area contributed by atoms with Gasteiger partial charge in [-0.15, -0.1) is 6.58 Å². The van der Waals surface area contributed by atoms with Gasteiger partial charge in [0.25, 0.3) is 5.91 Å². The lowest BCUT2D eigenvalue weighted by atomic mass is 9.98. The number of urea groups is 1. The smallest absolute Gasteiger partial charge is 0.322 e. The summed E-state index contributed by atoms with van der Waals surface area (Å²) >= 11 is 6.13. The molecular weight excluding hydrogens is 486 g/mol. The van der Waals surface area contributed by atoms with Crippen LogP contribution in [-0.2, 0) is 13.1 Å². The molecule has 0 saturated heterocycles. The van der Waals surface area contributed by atoms with Crippen molar-refractivity contribution in [3.63, 3.8) is 0 Å². The van der Waals surface area contributed by atoms with Crippen molar-refractivity contribution >= 4 is 29.2 Å². The van der Waals surface area contributed by atoms with Crippen molar-refractivity contribution in [3.8, 4) is 0 Å². The molecule has 0 saturated carbocycles. The zero-order chi connectivity index (χ0) is 25.3. The number of halogens is 5. The van der Waals surface area contributed by atoms with Crippen molar-refractivity contribution in [1.29, 1.82) is 0 Å². The Morgan fingerprint density at radius 2 is 1.77 bits per heavy atom. The Morgan fingerprint density at radius 1 is 1.06 bits per heavy atom. The maximum Gasteiger partial charge on any atom is 0.322 e. The van der Waals surface area contributed by atoms with Crippen LogP contribution in [0.1, 0.15) is 33.1 Å². The minimum Gasteiger partial charge on any atom is -0.348 e. The van der Waals surface area contributed by atoms with Crippen molar-refractivity contribution in [1.82, 2.24) is 10.6 Å². The molecule has 0 bridgehead atoms. The zero-order valence-electron chi connectivity index (χ0n) is 18.0. The van der Waals surface area contributed by atoms with E-state index in [-0.39, 0.29) is 22.7 Å². The van der Waals surface area contributed by atoms with Gasteiger partial charge in [0.05, 0.1) is 18.3 Å². The van der Waals surface area contributed by atoms with E-state index in [1.807, 2.05) is 0 Å². The topological polar surface area (TPSA) is 61.4 Å². The summed E-state index contributed by atoms with van der Waals surface area (Å²) in [4.78, 5) is 26.8. The molecule has 4 rings (SSSR count). The summed E-state index contributed by atoms with van der Waals surface area (Å²) < 4.78 is 55.3. The molecule has 1 aliphatic rings. The number of amides is 3. The fraction of sp³-hybridized carbons (Fsp3) is 0.120. The van der Waals surface area contributed by atoms with E-state index in [0.717, 1.165) is 0 Å². The van der Waals surface area contributed by atoms with Gasteiger partial charge < -0.3 is 10.6 Å². The molecule has 180 valence electrons. The minimum atomic E-state index is -1.13. The van der Waals surface area contributed by atoms with E-state index in [4.69, 9.17) is 11.6 Å². The molecule has 0 fully saturated rings. The molecule has 1 unspecified atom stereocenters. The highest BCUT2D eigenvalue weighted by Gasteiger charge is 2.31. The summed E-state index contributed by atoms with van der Waals surface area (Å²) in [5.41, 5.74) is 0.571. The molecule has 0 aromatic heterocycles. The molecule has 0 aliphatic carbocycles. The van der Waals surface area contributed by atoms with Gasteiger partial charge in [-0.25, -0.2) is 22.4 Å². The van der Waals surface area contributed by atoms with Gasteiger partial charge >= 0.3 is 6.03 Å². The molecular formula is C25H18ClF4N3O2. The Balaban J connectivity index is 1.65. The number of benzene rings is 3. The van der Waals surface area contributed by atoms with Crippen LogP contribution in [0.15, 0.2) is 61.2 Å². The first-order valence-electron chi connectivity index (χ1n) is 10.4. The van der Waals surface area contributed by atoms with Gasteiger partial charge in [-0.3, -0.25) is 9.69 Å². The third kappa shape index (κ3) is 4.85. The van der Waals surface area contributed by atoms with Crippen LogP contribution < -0.4 is 15.5 Å². The van der Waals surface area contributed by atoms with Crippen LogP contribution in [0.3, 0.4) is 0 Å². The van der Waals surface area contributed by atoms with E-state index in [9.17, 15) is 27.2 Å². The Labute approximate surface area is 203 Å². The molecule has 0 radical (unpaired) electrons. The van der Waals surface area contributed by atoms with Gasteiger partial charge in [-0.1, -0.05) is 29.8 Å². The Bertz CT molecular complexity index is 1310. The third-order valence-corrected chi connectivity index (χ3v) is 5.94. The van der Waals surface area contributed by atoms with Gasteiger partial charge in [-0.2, -0.15) is 0 Å². The van der Waals surface area contributed by atoms with E-state index in [1.165, 1.54) is 41.3 Å². The first kappa shape index (κ1) is 24.3. The maximum atomic E-state index is 14.4. The lowest BCUT2D eigenvalue weighted by molar-refractivity contribution is 0.0950. The second-order valence-corrected chi connectivity index (χ2v) is 8.16. The summed E-state index contributed by atoms with van der Waals surface area (Å²) in [7, 11) is 0. The van der Waals surface area contributed by atoms with Crippen molar-refractivity contribution in [2.45, 2.75) is 19.1 Å². The Kier molecular flexibility index (Phi) is 6.79. The number of carbonyl (C=O) groups excluding carboxylic acids is 2. The summed E-state index contributed by atoms with van der Waals surface area (Å²) in [6.07, 6.45) is 1.50. The van der Waals surface area contributed by atoms with Gasteiger partial charge in [0.15, 0.2) is 0 Å². The fourth-order valence-electron chi connectivity index (χ4n) is 3.78. The van der Waals surface area contributed by atoms with E-state index in [2.05, 4.69) is 17.2 Å². The number of hydrogen-bond acceptors (Lipinski definition) is 2. The van der Waals surface area contributed by atoms with Crippen LogP contribution in [0.25, 0.3) is 0 Å². The molecule has 35 heavy (non-hydrogen) atoms. The molecule has 10 heteroatoms. The second-order valence-electron chi connectivity index (χ2n) is 7.75. The lowest BCUT2D eigenvalue weighted by Crippen LogP contribution is -2.46. The van der Waals surface area contributed by atoms with E-state index in [0.29, 0.717) is 23.4 Å². The van der Waals surface area contributed by atoms with Crippen LogP contribution in [0.5, 0.6) is 0 Å². The average Bonchev–Trinajstić information content (AvgIpc) is 2.81. The summed E-state index contributed by atoms with van der Waals surface area (Å²) in [5, 5.41) is 5.24. The van der Waals surface area contributed by atoms with Gasteiger partial charge in [0, 0.05) is 46.0 Å². The van der Waals surface area contributed by atoms with Crippen LogP contribution >= 0.6 is 11.6 Å². The van der Waals surface area contributed by atoms with Crippen molar-refractivity contribution in [2.24, 2.45) is 0 Å². The molecule has 2 N–H and O–H groups in total. The molecule has 5 nitrogen and oxygen atoms in total. The number of rotatable bonds is 6. The normalized spacial score (nSPS) is 14.8. The molecule has 1 aliphatic heterocycles. The highest BCUT2D eigenvalue weighted by molar-refractivity contribution is 6.31. The van der Waals surface area contributed by atoms with Crippen molar-refractivity contribution < 1.29 is 27.2 Å². The lowest BCUT2D eigenvalue weighted by Gasteiger charge is -2.34. The molecule has 3 aromatic rings. The van der Waals surface area contributed by atoms with Crippen LogP contribution in [0, 0.1) is 23.3 Å². The van der Waals surface area contributed by atoms with E-state index >= 15 is 0 Å². The molecule has 1 atom stereocenters. The second kappa shape index (κ2) is 9.79. The number of nitrogens with one attached hydrogen (secondary N) is 2. The molecule has 3 amide bonds. The fourth-order valence-corrected chi connectivity index (χ4v) is 4.00. The number of nitrogens with zero attached hydrogens (tertiary/aromatic N) is 1. The highest BCUT2D eigenvalue weighted by atomic mass is 35.5. The van der Waals surface area contributed by atoms with Crippen molar-refractivity contribution in [3.05, 3.63) is 112 Å². The average molecular weight is 504 g/mol. The van der Waals surface area contributed by atoms with Crippen LogP contribution in [0.4, 0.5) is 28.0 Å². The monoisotopic (exact) mass is 503 g/mol. The number of anilines is 1. The van der Waals surface area contributed by atoms with Crippen LogP contribution in [0.2, 0.25) is 5.02 Å². The zero-order valence-corrected chi connectivity index (χ0v) is 18.8. The van der Waals surface area contributed by atoms with E-state index < -0.39 is 53.4 Å². The quantitative estimate of drug-likeness (QED) is 0.331. The highest BCUT2D eigenvalue weighted by Crippen LogP contribution is 2.35. The number of carbonyl (C=O) groups is 2. The van der Waals surface area contributed by atoms with Gasteiger partial charge in [0.2, 0.25) is 0 Å². The number of fused-ring (bicyclic) bond motifs is 1. The largest absolute Gasteiger partial charge is 0.348 e. The third-order valence-electron chi connectivity index (χ3n) is 5.59. The van der Waals surface area contributed by atoms with Crippen molar-refractivity contribution in [2.75, 3.05) is 4.90 Å². The Morgan fingerprint density at radius 3 is 2.43 bits per heavy atom. The summed E-state index contributed by atoms with van der Waals surface area (Å²) in [6, 6.07) is 8.52. The predicted octanol–water partition coefficient (Wildman–Crippen LogP) is 5.78. The van der Waals surface area contributed by atoms with Gasteiger partial charge in [0.1, 0.15) is 23.3 Å². The minimum absolute atomic E-state index is 0.0776. The molecule has 0 spiro atoms. The van der Waals surface area contributed by atoms with Crippen LogP contribution in [-0.4, -0.2) is 11.9 Å². The first-order valence-corrected chi connectivity index (χ1v) is 10.8. The van der Waals surface area contributed by atoms with E-state index in [1.54, 1.807) is 6.07 Å².